The zero-order chi connectivity index (χ0) is 9.14. The first-order chi connectivity index (χ1) is 5.58. The second kappa shape index (κ2) is 3.87. The van der Waals surface area contributed by atoms with Crippen molar-refractivity contribution in [2.45, 2.75) is 26.1 Å². The van der Waals surface area contributed by atoms with Gasteiger partial charge in [-0.2, -0.15) is 0 Å². The normalized spacial score (nSPS) is 31.8. The van der Waals surface area contributed by atoms with Crippen LogP contribution in [0.15, 0.2) is 0 Å². The highest BCUT2D eigenvalue weighted by Crippen LogP contribution is 2.09. The zero-order valence-corrected chi connectivity index (χ0v) is 7.49. The molecule has 0 saturated carbocycles. The maximum Gasteiger partial charge on any atom is 0.317 e. The van der Waals surface area contributed by atoms with E-state index in [1.54, 1.807) is 0 Å². The maximum absolute atomic E-state index is 10.4. The first kappa shape index (κ1) is 9.48. The summed E-state index contributed by atoms with van der Waals surface area (Å²) in [5, 5.41) is 8.56. The van der Waals surface area contributed by atoms with E-state index < -0.39 is 5.97 Å². The molecule has 0 aromatic heterocycles. The van der Waals surface area contributed by atoms with Crippen LogP contribution in [0.2, 0.25) is 0 Å². The minimum atomic E-state index is -0.767. The van der Waals surface area contributed by atoms with Crippen LogP contribution in [0.5, 0.6) is 0 Å². The highest BCUT2D eigenvalue weighted by Gasteiger charge is 2.23. The molecule has 1 aliphatic rings. The Morgan fingerprint density at radius 1 is 1.50 bits per heavy atom. The third kappa shape index (κ3) is 2.79. The second-order valence-electron chi connectivity index (χ2n) is 3.35. The molecule has 0 aliphatic carbocycles. The van der Waals surface area contributed by atoms with Crippen LogP contribution < -0.4 is 0 Å². The average molecular weight is 173 g/mol. The second-order valence-corrected chi connectivity index (χ2v) is 3.35. The van der Waals surface area contributed by atoms with Gasteiger partial charge in [0.1, 0.15) is 0 Å². The van der Waals surface area contributed by atoms with Crippen LogP contribution in [-0.4, -0.2) is 47.8 Å². The van der Waals surface area contributed by atoms with E-state index in [0.29, 0.717) is 0 Å². The van der Waals surface area contributed by atoms with Crippen LogP contribution in [0.3, 0.4) is 0 Å². The van der Waals surface area contributed by atoms with E-state index in [-0.39, 0.29) is 18.8 Å². The molecule has 0 aromatic carbocycles. The van der Waals surface area contributed by atoms with Crippen molar-refractivity contribution in [3.8, 4) is 0 Å². The van der Waals surface area contributed by atoms with Gasteiger partial charge in [0.25, 0.3) is 0 Å². The Bertz CT molecular complexity index is 162. The Balaban J connectivity index is 2.38. The summed E-state index contributed by atoms with van der Waals surface area (Å²) >= 11 is 0. The summed E-state index contributed by atoms with van der Waals surface area (Å²) in [7, 11) is 0. The van der Waals surface area contributed by atoms with Crippen LogP contribution in [0.1, 0.15) is 13.8 Å². The Morgan fingerprint density at radius 3 is 2.42 bits per heavy atom. The Hall–Kier alpha value is -0.610. The first-order valence-corrected chi connectivity index (χ1v) is 4.17. The van der Waals surface area contributed by atoms with Gasteiger partial charge in [0.2, 0.25) is 0 Å². The highest BCUT2D eigenvalue weighted by atomic mass is 16.5. The minimum absolute atomic E-state index is 0.123. The van der Waals surface area contributed by atoms with E-state index in [0.717, 1.165) is 13.1 Å². The van der Waals surface area contributed by atoms with Gasteiger partial charge >= 0.3 is 5.97 Å². The molecule has 1 aliphatic heterocycles. The molecule has 1 rings (SSSR count). The summed E-state index contributed by atoms with van der Waals surface area (Å²) in [6.45, 7) is 5.49. The summed E-state index contributed by atoms with van der Waals surface area (Å²) < 4.78 is 5.46. The summed E-state index contributed by atoms with van der Waals surface area (Å²) in [5.41, 5.74) is 0. The lowest BCUT2D eigenvalue weighted by atomic mass is 10.2. The lowest BCUT2D eigenvalue weighted by Crippen LogP contribution is -2.47. The number of rotatable bonds is 2. The highest BCUT2D eigenvalue weighted by molar-refractivity contribution is 5.69. The number of carboxylic acid groups (broad SMARTS) is 1. The van der Waals surface area contributed by atoms with Gasteiger partial charge in [0.15, 0.2) is 0 Å². The molecule has 0 radical (unpaired) electrons. The topological polar surface area (TPSA) is 49.8 Å². The monoisotopic (exact) mass is 173 g/mol. The van der Waals surface area contributed by atoms with Crippen molar-refractivity contribution in [2.24, 2.45) is 0 Å². The van der Waals surface area contributed by atoms with Gasteiger partial charge < -0.3 is 9.84 Å². The molecule has 1 heterocycles. The Kier molecular flexibility index (Phi) is 3.05. The van der Waals surface area contributed by atoms with E-state index in [1.807, 2.05) is 18.7 Å². The third-order valence-electron chi connectivity index (χ3n) is 1.85. The number of ether oxygens (including phenoxy) is 1. The average Bonchev–Trinajstić information content (AvgIpc) is 1.81. The molecule has 1 unspecified atom stereocenters. The largest absolute Gasteiger partial charge is 0.480 e. The van der Waals surface area contributed by atoms with Crippen molar-refractivity contribution in [1.82, 2.24) is 4.90 Å². The number of nitrogens with zero attached hydrogens (tertiary/aromatic N) is 1. The number of morpholine rings is 1. The molecule has 1 fully saturated rings. The fourth-order valence-corrected chi connectivity index (χ4v) is 1.60. The van der Waals surface area contributed by atoms with Gasteiger partial charge in [0.05, 0.1) is 18.8 Å². The van der Waals surface area contributed by atoms with Crippen LogP contribution in [0.25, 0.3) is 0 Å². The van der Waals surface area contributed by atoms with Crippen molar-refractivity contribution in [1.29, 1.82) is 0 Å². The number of carboxylic acids is 1. The number of aliphatic carboxylic acids is 1. The molecule has 70 valence electrons. The molecule has 1 N–H and O–H groups in total. The van der Waals surface area contributed by atoms with Crippen LogP contribution >= 0.6 is 0 Å². The van der Waals surface area contributed by atoms with Crippen molar-refractivity contribution < 1.29 is 14.6 Å². The molecule has 1 saturated heterocycles. The summed E-state index contributed by atoms with van der Waals surface area (Å²) in [4.78, 5) is 12.3. The lowest BCUT2D eigenvalue weighted by molar-refractivity contribution is -0.141. The van der Waals surface area contributed by atoms with E-state index in [1.165, 1.54) is 0 Å². The standard InChI is InChI=1S/C8H15NO3/c1-6-3-9(5-8(10)11)4-7(2)12-6/h6-7H,3-5H2,1-2H3,(H,10,11)/t6-,7?/m0/s1. The van der Waals surface area contributed by atoms with Crippen molar-refractivity contribution in [3.05, 3.63) is 0 Å². The molecule has 0 aromatic rings. The van der Waals surface area contributed by atoms with Crippen molar-refractivity contribution in [3.63, 3.8) is 0 Å². The van der Waals surface area contributed by atoms with Gasteiger partial charge in [-0.3, -0.25) is 9.69 Å². The molecule has 0 spiro atoms. The number of hydrogen-bond donors (Lipinski definition) is 1. The third-order valence-corrected chi connectivity index (χ3v) is 1.85. The van der Waals surface area contributed by atoms with Gasteiger partial charge in [-0.1, -0.05) is 0 Å². The Morgan fingerprint density at radius 2 is 2.00 bits per heavy atom. The molecule has 0 amide bonds. The first-order valence-electron chi connectivity index (χ1n) is 4.17. The quantitative estimate of drug-likeness (QED) is 0.647. The van der Waals surface area contributed by atoms with E-state index in [2.05, 4.69) is 0 Å². The summed E-state index contributed by atoms with van der Waals surface area (Å²) in [5.74, 6) is -0.767. The Labute approximate surface area is 72.1 Å². The van der Waals surface area contributed by atoms with Crippen molar-refractivity contribution >= 4 is 5.97 Å². The molecule has 2 atom stereocenters. The molecule has 4 heteroatoms. The maximum atomic E-state index is 10.4. The molecule has 0 bridgehead atoms. The van der Waals surface area contributed by atoms with E-state index in [4.69, 9.17) is 9.84 Å². The van der Waals surface area contributed by atoms with Gasteiger partial charge in [-0.15, -0.1) is 0 Å². The van der Waals surface area contributed by atoms with Gasteiger partial charge in [-0.05, 0) is 13.8 Å². The van der Waals surface area contributed by atoms with Crippen LogP contribution in [-0.2, 0) is 9.53 Å². The predicted molar refractivity (Wildman–Crippen MR) is 44.1 cm³/mol. The fraction of sp³-hybridized carbons (Fsp3) is 0.875. The van der Waals surface area contributed by atoms with Gasteiger partial charge in [0, 0.05) is 13.1 Å². The smallest absolute Gasteiger partial charge is 0.317 e. The summed E-state index contributed by atoms with van der Waals surface area (Å²) in [6.07, 6.45) is 0.293. The molecular formula is C8H15NO3. The minimum Gasteiger partial charge on any atom is -0.480 e. The molecule has 4 nitrogen and oxygen atoms in total. The zero-order valence-electron chi connectivity index (χ0n) is 7.49. The lowest BCUT2D eigenvalue weighted by Gasteiger charge is -2.34. The van der Waals surface area contributed by atoms with E-state index >= 15 is 0 Å². The molecule has 12 heavy (non-hydrogen) atoms. The molecular weight excluding hydrogens is 158 g/mol. The van der Waals surface area contributed by atoms with E-state index in [9.17, 15) is 4.79 Å². The van der Waals surface area contributed by atoms with Crippen molar-refractivity contribution in [2.75, 3.05) is 19.6 Å². The van der Waals surface area contributed by atoms with Crippen LogP contribution in [0.4, 0.5) is 0 Å². The number of carbonyl (C=O) groups is 1. The number of hydrogen-bond acceptors (Lipinski definition) is 3. The van der Waals surface area contributed by atoms with Gasteiger partial charge in [-0.25, -0.2) is 0 Å². The van der Waals surface area contributed by atoms with Crippen LogP contribution in [0, 0.1) is 0 Å². The SMILES string of the molecule is CC1CN(CC(=O)O)C[C@H](C)O1. The fourth-order valence-electron chi connectivity index (χ4n) is 1.60. The summed E-state index contributed by atoms with van der Waals surface area (Å²) in [6, 6.07) is 0. The predicted octanol–water partition coefficient (Wildman–Crippen LogP) is 0.180.